The number of anilines is 1. The lowest BCUT2D eigenvalue weighted by Gasteiger charge is -2.26. The van der Waals surface area contributed by atoms with E-state index in [1.807, 2.05) is 17.7 Å². The number of hydrogen-bond acceptors (Lipinski definition) is 7. The Bertz CT molecular complexity index is 1250. The van der Waals surface area contributed by atoms with E-state index in [4.69, 9.17) is 27.1 Å². The lowest BCUT2D eigenvalue weighted by molar-refractivity contribution is 0.0692. The molecule has 186 valence electrons. The van der Waals surface area contributed by atoms with Gasteiger partial charge in [-0.1, -0.05) is 17.7 Å². The zero-order valence-corrected chi connectivity index (χ0v) is 21.1. The van der Waals surface area contributed by atoms with Gasteiger partial charge in [0.1, 0.15) is 5.82 Å². The molecule has 0 spiro atoms. The average molecular weight is 498 g/mol. The predicted octanol–water partition coefficient (Wildman–Crippen LogP) is 2.59. The highest BCUT2D eigenvalue weighted by molar-refractivity contribution is 6.35. The van der Waals surface area contributed by atoms with Crippen LogP contribution in [-0.4, -0.2) is 64.0 Å². The van der Waals surface area contributed by atoms with Crippen LogP contribution < -0.4 is 16.0 Å². The van der Waals surface area contributed by atoms with E-state index in [0.29, 0.717) is 10.7 Å². The highest BCUT2D eigenvalue weighted by Gasteiger charge is 2.35. The minimum atomic E-state index is -0.234. The number of aromatic nitrogens is 4. The molecular formula is C25H32ClN7O2. The second kappa shape index (κ2) is 9.72. The fraction of sp³-hybridized carbons (Fsp3) is 0.520. The Morgan fingerprint density at radius 2 is 2.17 bits per heavy atom. The first-order valence-electron chi connectivity index (χ1n) is 12.2. The fourth-order valence-electron chi connectivity index (χ4n) is 5.26. The predicted molar refractivity (Wildman–Crippen MR) is 136 cm³/mol. The Balaban J connectivity index is 1.25. The molecule has 3 N–H and O–H groups in total. The first kappa shape index (κ1) is 24.0. The number of aryl methyl sites for hydroxylation is 2. The number of nitrogens with one attached hydrogen (secondary N) is 1. The van der Waals surface area contributed by atoms with Crippen molar-refractivity contribution < 1.29 is 9.53 Å². The molecule has 0 radical (unpaired) electrons. The zero-order chi connectivity index (χ0) is 24.7. The van der Waals surface area contributed by atoms with Gasteiger partial charge in [0.25, 0.3) is 5.91 Å². The standard InChI is InChI=1S/C25H32ClN7O2/c1-4-32-12-19(26)17-10-22(30-31-24(17)32)25(34)28-16-6-7-21-15(9-16)5-8-23(29-21)33-11-18(14(2)35-3)20(27)13-33/h5,8,10,12,14,16,18,20H,4,6-7,9,11,13,27H2,1-3H3,(H,28,34). The molecule has 35 heavy (non-hydrogen) atoms. The van der Waals surface area contributed by atoms with E-state index in [9.17, 15) is 4.79 Å². The third-order valence-electron chi connectivity index (χ3n) is 7.44. The summed E-state index contributed by atoms with van der Waals surface area (Å²) in [6, 6.07) is 6.00. The molecule has 1 aliphatic heterocycles. The second-order valence-corrected chi connectivity index (χ2v) is 10.00. The van der Waals surface area contributed by atoms with E-state index in [1.165, 1.54) is 5.56 Å². The van der Waals surface area contributed by atoms with Crippen LogP contribution in [0.1, 0.15) is 42.0 Å². The van der Waals surface area contributed by atoms with E-state index in [2.05, 4.69) is 39.5 Å². The van der Waals surface area contributed by atoms with Gasteiger partial charge in [-0.3, -0.25) is 4.79 Å². The van der Waals surface area contributed by atoms with Crippen molar-refractivity contribution in [3.8, 4) is 0 Å². The van der Waals surface area contributed by atoms with Crippen LogP contribution in [0.3, 0.4) is 0 Å². The number of halogens is 1. The summed E-state index contributed by atoms with van der Waals surface area (Å²) < 4.78 is 7.43. The number of methoxy groups -OCH3 is 1. The molecule has 1 aliphatic carbocycles. The van der Waals surface area contributed by atoms with Gasteiger partial charge in [-0.15, -0.1) is 10.2 Å². The smallest absolute Gasteiger partial charge is 0.272 e. The van der Waals surface area contributed by atoms with Crippen molar-refractivity contribution in [2.75, 3.05) is 25.1 Å². The number of carbonyl (C=O) groups is 1. The molecule has 0 aromatic carbocycles. The van der Waals surface area contributed by atoms with Crippen molar-refractivity contribution in [2.45, 2.75) is 57.8 Å². The Kier molecular flexibility index (Phi) is 6.65. The third-order valence-corrected chi connectivity index (χ3v) is 7.74. The lowest BCUT2D eigenvalue weighted by atomic mass is 9.91. The van der Waals surface area contributed by atoms with Gasteiger partial charge < -0.3 is 25.3 Å². The summed E-state index contributed by atoms with van der Waals surface area (Å²) in [5, 5.41) is 12.8. The van der Waals surface area contributed by atoms with Gasteiger partial charge >= 0.3 is 0 Å². The number of hydrogen-bond donors (Lipinski definition) is 2. The van der Waals surface area contributed by atoms with Crippen LogP contribution in [0, 0.1) is 5.92 Å². The topological polar surface area (TPSA) is 111 Å². The van der Waals surface area contributed by atoms with E-state index in [0.717, 1.165) is 55.8 Å². The quantitative estimate of drug-likeness (QED) is 0.538. The molecular weight excluding hydrogens is 466 g/mol. The van der Waals surface area contributed by atoms with Crippen LogP contribution in [-0.2, 0) is 24.1 Å². The van der Waals surface area contributed by atoms with Crippen molar-refractivity contribution in [3.63, 3.8) is 0 Å². The summed E-state index contributed by atoms with van der Waals surface area (Å²) in [7, 11) is 1.73. The molecule has 4 heterocycles. The number of rotatable bonds is 6. The zero-order valence-electron chi connectivity index (χ0n) is 20.4. The third kappa shape index (κ3) is 4.60. The number of pyridine rings is 1. The summed E-state index contributed by atoms with van der Waals surface area (Å²) in [5.74, 6) is 1.02. The van der Waals surface area contributed by atoms with E-state index in [-0.39, 0.29) is 35.7 Å². The van der Waals surface area contributed by atoms with Gasteiger partial charge in [0.05, 0.1) is 11.1 Å². The number of nitrogens with two attached hydrogens (primary N) is 1. The molecule has 4 atom stereocenters. The number of fused-ring (bicyclic) bond motifs is 2. The molecule has 0 saturated carbocycles. The summed E-state index contributed by atoms with van der Waals surface area (Å²) in [6.07, 6.45) is 4.29. The molecule has 2 aliphatic rings. The largest absolute Gasteiger partial charge is 0.381 e. The summed E-state index contributed by atoms with van der Waals surface area (Å²) >= 11 is 6.34. The number of carbonyl (C=O) groups excluding carboxylic acids is 1. The molecule has 4 unspecified atom stereocenters. The minimum absolute atomic E-state index is 0.0167. The first-order chi connectivity index (χ1) is 16.9. The Hall–Kier alpha value is -2.75. The van der Waals surface area contributed by atoms with E-state index >= 15 is 0 Å². The maximum absolute atomic E-state index is 12.9. The Morgan fingerprint density at radius 3 is 2.94 bits per heavy atom. The Morgan fingerprint density at radius 1 is 1.34 bits per heavy atom. The van der Waals surface area contributed by atoms with Crippen LogP contribution in [0.25, 0.3) is 11.0 Å². The van der Waals surface area contributed by atoms with Crippen molar-refractivity contribution in [1.29, 1.82) is 0 Å². The molecule has 9 nitrogen and oxygen atoms in total. The average Bonchev–Trinajstić information content (AvgIpc) is 3.42. The molecule has 1 saturated heterocycles. The monoisotopic (exact) mass is 497 g/mol. The van der Waals surface area contributed by atoms with Crippen molar-refractivity contribution >= 4 is 34.4 Å². The van der Waals surface area contributed by atoms with Crippen LogP contribution in [0.15, 0.2) is 24.4 Å². The molecule has 3 aromatic heterocycles. The minimum Gasteiger partial charge on any atom is -0.381 e. The number of nitrogens with zero attached hydrogens (tertiary/aromatic N) is 5. The Labute approximate surface area is 210 Å². The van der Waals surface area contributed by atoms with Crippen molar-refractivity contribution in [2.24, 2.45) is 11.7 Å². The van der Waals surface area contributed by atoms with Gasteiger partial charge in [-0.2, -0.15) is 0 Å². The summed E-state index contributed by atoms with van der Waals surface area (Å²) in [6.45, 7) is 6.44. The SMILES string of the molecule is CCn1cc(Cl)c2cc(C(=O)NC3CCc4nc(N5CC(N)C(C(C)OC)C5)ccc4C3)nnc21. The van der Waals surface area contributed by atoms with Crippen molar-refractivity contribution in [1.82, 2.24) is 25.1 Å². The van der Waals surface area contributed by atoms with Gasteiger partial charge in [0.2, 0.25) is 0 Å². The fourth-order valence-corrected chi connectivity index (χ4v) is 5.52. The molecule has 5 rings (SSSR count). The maximum Gasteiger partial charge on any atom is 0.272 e. The molecule has 0 bridgehead atoms. The number of amides is 1. The summed E-state index contributed by atoms with van der Waals surface area (Å²) in [4.78, 5) is 20.1. The van der Waals surface area contributed by atoms with Gasteiger partial charge in [-0.05, 0) is 50.8 Å². The number of ether oxygens (including phenoxy) is 1. The summed E-state index contributed by atoms with van der Waals surface area (Å²) in [5.41, 5.74) is 9.60. The van der Waals surface area contributed by atoms with Crippen LogP contribution >= 0.6 is 11.6 Å². The molecule has 1 amide bonds. The molecule has 1 fully saturated rings. The second-order valence-electron chi connectivity index (χ2n) is 9.59. The van der Waals surface area contributed by atoms with Crippen LogP contribution in [0.2, 0.25) is 5.02 Å². The molecule has 10 heteroatoms. The normalized spacial score (nSPS) is 22.9. The van der Waals surface area contributed by atoms with Crippen molar-refractivity contribution in [3.05, 3.63) is 46.4 Å². The lowest BCUT2D eigenvalue weighted by Crippen LogP contribution is -2.39. The van der Waals surface area contributed by atoms with Gasteiger partial charge in [0.15, 0.2) is 11.3 Å². The van der Waals surface area contributed by atoms with E-state index in [1.54, 1.807) is 13.2 Å². The highest BCUT2D eigenvalue weighted by atomic mass is 35.5. The maximum atomic E-state index is 12.9. The van der Waals surface area contributed by atoms with Gasteiger partial charge in [0, 0.05) is 62.0 Å². The van der Waals surface area contributed by atoms with Gasteiger partial charge in [-0.25, -0.2) is 4.98 Å². The van der Waals surface area contributed by atoms with Crippen LogP contribution in [0.5, 0.6) is 0 Å². The molecule has 3 aromatic rings. The van der Waals surface area contributed by atoms with Crippen LogP contribution in [0.4, 0.5) is 5.82 Å². The van der Waals surface area contributed by atoms with E-state index < -0.39 is 0 Å². The highest BCUT2D eigenvalue weighted by Crippen LogP contribution is 2.29. The first-order valence-corrected chi connectivity index (χ1v) is 12.6.